The van der Waals surface area contributed by atoms with E-state index in [1.165, 1.54) is 0 Å². The molecule has 39 heavy (non-hydrogen) atoms. The molecule has 0 saturated heterocycles. The molecule has 206 valence electrons. The number of carboxylic acid groups (broad SMARTS) is 1. The third kappa shape index (κ3) is 6.83. The number of hydrogen-bond acceptors (Lipinski definition) is 5. The van der Waals surface area contributed by atoms with Gasteiger partial charge >= 0.3 is 5.97 Å². The van der Waals surface area contributed by atoms with Crippen LogP contribution in [0.15, 0.2) is 54.6 Å². The zero-order chi connectivity index (χ0) is 27.8. The number of fused-ring (bicyclic) bond motifs is 3. The first-order valence-corrected chi connectivity index (χ1v) is 13.3. The first kappa shape index (κ1) is 27.8. The molecule has 1 unspecified atom stereocenters. The molecule has 1 aromatic heterocycles. The van der Waals surface area contributed by atoms with E-state index in [2.05, 4.69) is 10.3 Å². The molecule has 0 fully saturated rings. The smallest absolute Gasteiger partial charge is 0.326 e. The molecule has 2 atom stereocenters. The van der Waals surface area contributed by atoms with Gasteiger partial charge in [0.25, 0.3) is 0 Å². The van der Waals surface area contributed by atoms with Gasteiger partial charge < -0.3 is 20.3 Å². The van der Waals surface area contributed by atoms with Crippen molar-refractivity contribution in [2.75, 3.05) is 6.54 Å². The minimum absolute atomic E-state index is 0.121. The Morgan fingerprint density at radius 2 is 1.64 bits per heavy atom. The van der Waals surface area contributed by atoms with E-state index in [9.17, 15) is 24.3 Å². The molecular weight excluding hydrogens is 500 g/mol. The maximum atomic E-state index is 13.7. The number of nitrogens with one attached hydrogen (secondary N) is 3. The van der Waals surface area contributed by atoms with Crippen molar-refractivity contribution in [2.45, 2.75) is 63.5 Å². The number of amides is 3. The Labute approximate surface area is 226 Å². The van der Waals surface area contributed by atoms with Gasteiger partial charge in [-0.15, -0.1) is 0 Å². The van der Waals surface area contributed by atoms with Crippen LogP contribution in [0, 0.1) is 0 Å². The second-order valence-electron chi connectivity index (χ2n) is 9.84. The Morgan fingerprint density at radius 1 is 0.949 bits per heavy atom. The van der Waals surface area contributed by atoms with Crippen LogP contribution < -0.4 is 10.8 Å². The molecule has 10 nitrogen and oxygen atoms in total. The third-order valence-corrected chi connectivity index (χ3v) is 7.17. The number of unbranched alkanes of at least 4 members (excludes halogenated alkanes) is 3. The fraction of sp³-hybridized carbons (Fsp3) is 0.379. The second-order valence-corrected chi connectivity index (χ2v) is 9.84. The van der Waals surface area contributed by atoms with E-state index in [-0.39, 0.29) is 25.2 Å². The number of aromatic amines is 1. The summed E-state index contributed by atoms with van der Waals surface area (Å²) in [4.78, 5) is 55.2. The predicted octanol–water partition coefficient (Wildman–Crippen LogP) is 3.25. The summed E-state index contributed by atoms with van der Waals surface area (Å²) in [6, 6.07) is 14.7. The molecule has 0 bridgehead atoms. The summed E-state index contributed by atoms with van der Waals surface area (Å²) in [5, 5.41) is 22.1. The molecule has 5 N–H and O–H groups in total. The number of para-hydroxylation sites is 1. The van der Waals surface area contributed by atoms with Crippen molar-refractivity contribution in [3.8, 4) is 0 Å². The zero-order valence-electron chi connectivity index (χ0n) is 21.7. The number of hydroxylamine groups is 1. The minimum Gasteiger partial charge on any atom is -0.480 e. The van der Waals surface area contributed by atoms with Crippen LogP contribution in [0.3, 0.4) is 0 Å². The lowest BCUT2D eigenvalue weighted by atomic mass is 9.95. The van der Waals surface area contributed by atoms with E-state index >= 15 is 0 Å². The Morgan fingerprint density at radius 3 is 2.36 bits per heavy atom. The van der Waals surface area contributed by atoms with Gasteiger partial charge in [0.15, 0.2) is 6.04 Å². The molecule has 0 radical (unpaired) electrons. The number of carbonyl (C=O) groups is 4. The highest BCUT2D eigenvalue weighted by atomic mass is 16.5. The highest BCUT2D eigenvalue weighted by Gasteiger charge is 2.39. The van der Waals surface area contributed by atoms with Crippen molar-refractivity contribution in [3.05, 3.63) is 71.4 Å². The summed E-state index contributed by atoms with van der Waals surface area (Å²) < 4.78 is 0. The number of carboxylic acids is 1. The van der Waals surface area contributed by atoms with E-state index < -0.39 is 29.9 Å². The maximum Gasteiger partial charge on any atom is 0.326 e. The van der Waals surface area contributed by atoms with Gasteiger partial charge in [0, 0.05) is 36.7 Å². The Hall–Kier alpha value is -4.18. The summed E-state index contributed by atoms with van der Waals surface area (Å²) >= 11 is 0. The molecule has 1 aliphatic rings. The molecule has 4 rings (SSSR count). The molecule has 0 aliphatic carbocycles. The lowest BCUT2D eigenvalue weighted by Crippen LogP contribution is -2.51. The molecular formula is C29H34N4O6. The van der Waals surface area contributed by atoms with Crippen LogP contribution in [0.5, 0.6) is 0 Å². The number of aromatic nitrogens is 1. The fourth-order valence-corrected chi connectivity index (χ4v) is 5.20. The molecule has 0 spiro atoms. The highest BCUT2D eigenvalue weighted by molar-refractivity contribution is 5.95. The monoisotopic (exact) mass is 534 g/mol. The lowest BCUT2D eigenvalue weighted by molar-refractivity contribution is -0.145. The van der Waals surface area contributed by atoms with Crippen molar-refractivity contribution >= 4 is 34.6 Å². The van der Waals surface area contributed by atoms with E-state index in [4.69, 9.17) is 5.21 Å². The largest absolute Gasteiger partial charge is 0.480 e. The van der Waals surface area contributed by atoms with Crippen LogP contribution >= 0.6 is 0 Å². The van der Waals surface area contributed by atoms with E-state index in [0.717, 1.165) is 34.9 Å². The summed E-state index contributed by atoms with van der Waals surface area (Å²) in [5.74, 6) is -2.29. The summed E-state index contributed by atoms with van der Waals surface area (Å²) in [6.45, 7) is 0.346. The predicted molar refractivity (Wildman–Crippen MR) is 144 cm³/mol. The van der Waals surface area contributed by atoms with Gasteiger partial charge in [-0.3, -0.25) is 19.6 Å². The first-order valence-electron chi connectivity index (χ1n) is 13.3. The standard InChI is InChI=1S/C29H34N4O6/c34-24(32-39)14-6-1-2-7-15-25(35)33-17-16-21-20-12-8-9-13-22(20)30-26(21)27(33)28(36)31-23(29(37)38)18-19-10-4-3-5-11-19/h3-5,8-13,23,27,30,39H,1-2,6-7,14-18H2,(H,31,36)(H,32,34)(H,37,38)/t23-,27?/m0/s1. The quantitative estimate of drug-likeness (QED) is 0.137. The van der Waals surface area contributed by atoms with Crippen molar-refractivity contribution in [3.63, 3.8) is 0 Å². The van der Waals surface area contributed by atoms with Gasteiger partial charge in [-0.25, -0.2) is 10.3 Å². The number of benzene rings is 2. The maximum absolute atomic E-state index is 13.7. The Balaban J connectivity index is 1.51. The second kappa shape index (κ2) is 13.1. The molecule has 3 amide bonds. The molecule has 3 aromatic rings. The fourth-order valence-electron chi connectivity index (χ4n) is 5.20. The number of carbonyl (C=O) groups excluding carboxylic acids is 3. The SMILES string of the molecule is O=C(CCCCCCC(=O)N1CCc2c([nH]c3ccccc23)C1C(=O)N[C@@H](Cc1ccccc1)C(=O)O)NO. The molecule has 10 heteroatoms. The minimum atomic E-state index is -1.15. The average Bonchev–Trinajstić information content (AvgIpc) is 3.32. The van der Waals surface area contributed by atoms with Gasteiger partial charge in [-0.05, 0) is 36.5 Å². The van der Waals surface area contributed by atoms with E-state index in [1.807, 2.05) is 54.6 Å². The van der Waals surface area contributed by atoms with Crippen LogP contribution in [0.4, 0.5) is 0 Å². The van der Waals surface area contributed by atoms with E-state index in [0.29, 0.717) is 31.5 Å². The Kier molecular flexibility index (Phi) is 9.32. The zero-order valence-corrected chi connectivity index (χ0v) is 21.7. The molecule has 2 heterocycles. The van der Waals surface area contributed by atoms with Crippen molar-refractivity contribution in [1.29, 1.82) is 0 Å². The van der Waals surface area contributed by atoms with Crippen molar-refractivity contribution in [1.82, 2.24) is 20.7 Å². The van der Waals surface area contributed by atoms with Crippen molar-refractivity contribution < 1.29 is 29.5 Å². The number of nitrogens with zero attached hydrogens (tertiary/aromatic N) is 1. The third-order valence-electron chi connectivity index (χ3n) is 7.17. The van der Waals surface area contributed by atoms with Gasteiger partial charge in [0.2, 0.25) is 17.7 Å². The molecule has 2 aromatic carbocycles. The van der Waals surface area contributed by atoms with Crippen molar-refractivity contribution in [2.24, 2.45) is 0 Å². The van der Waals surface area contributed by atoms with Crippen LogP contribution in [0.2, 0.25) is 0 Å². The van der Waals surface area contributed by atoms with Crippen LogP contribution in [0.25, 0.3) is 10.9 Å². The van der Waals surface area contributed by atoms with Crippen LogP contribution in [-0.2, 0) is 32.0 Å². The normalized spacial score (nSPS) is 15.4. The van der Waals surface area contributed by atoms with Gasteiger partial charge in [0.1, 0.15) is 6.04 Å². The summed E-state index contributed by atoms with van der Waals surface area (Å²) in [7, 11) is 0. The summed E-state index contributed by atoms with van der Waals surface area (Å²) in [6.07, 6.45) is 3.81. The number of H-pyrrole nitrogens is 1. The first-order chi connectivity index (χ1) is 18.9. The topological polar surface area (TPSA) is 152 Å². The van der Waals surface area contributed by atoms with E-state index in [1.54, 1.807) is 10.4 Å². The summed E-state index contributed by atoms with van der Waals surface area (Å²) in [5.41, 5.74) is 4.83. The Bertz CT molecular complexity index is 1320. The average molecular weight is 535 g/mol. The van der Waals surface area contributed by atoms with Crippen LogP contribution in [0.1, 0.15) is 61.4 Å². The number of hydrogen-bond donors (Lipinski definition) is 5. The van der Waals surface area contributed by atoms with Gasteiger partial charge in [-0.2, -0.15) is 0 Å². The lowest BCUT2D eigenvalue weighted by Gasteiger charge is -2.35. The molecule has 0 saturated carbocycles. The number of aliphatic carboxylic acids is 1. The van der Waals surface area contributed by atoms with Gasteiger partial charge in [0.05, 0.1) is 5.69 Å². The van der Waals surface area contributed by atoms with Crippen LogP contribution in [-0.4, -0.2) is 56.5 Å². The van der Waals surface area contributed by atoms with Gasteiger partial charge in [-0.1, -0.05) is 61.4 Å². The molecule has 1 aliphatic heterocycles. The highest BCUT2D eigenvalue weighted by Crippen LogP contribution is 2.35. The number of rotatable bonds is 12.